The van der Waals surface area contributed by atoms with E-state index in [1.54, 1.807) is 12.1 Å². The van der Waals surface area contributed by atoms with Crippen LogP contribution in [-0.2, 0) is 32.6 Å². The van der Waals surface area contributed by atoms with Crippen molar-refractivity contribution in [3.63, 3.8) is 0 Å². The molecule has 1 saturated heterocycles. The van der Waals surface area contributed by atoms with E-state index in [4.69, 9.17) is 9.72 Å². The van der Waals surface area contributed by atoms with Crippen LogP contribution in [0.2, 0.25) is 0 Å². The average molecular weight is 531 g/mol. The molecule has 0 N–H and O–H groups in total. The number of fused-ring (bicyclic) bond motifs is 1. The summed E-state index contributed by atoms with van der Waals surface area (Å²) in [5, 5.41) is 0.704. The van der Waals surface area contributed by atoms with Crippen LogP contribution in [0.15, 0.2) is 58.6 Å². The Labute approximate surface area is 217 Å². The van der Waals surface area contributed by atoms with Crippen molar-refractivity contribution in [3.8, 4) is 0 Å². The van der Waals surface area contributed by atoms with Gasteiger partial charge in [-0.05, 0) is 51.5 Å². The second kappa shape index (κ2) is 10.9. The van der Waals surface area contributed by atoms with Gasteiger partial charge < -0.3 is 14.2 Å². The van der Waals surface area contributed by atoms with Gasteiger partial charge in [0.05, 0.1) is 34.9 Å². The van der Waals surface area contributed by atoms with Crippen LogP contribution in [-0.4, -0.2) is 70.7 Å². The van der Waals surface area contributed by atoms with Gasteiger partial charge in [-0.2, -0.15) is 4.31 Å². The van der Waals surface area contributed by atoms with Crippen molar-refractivity contribution in [2.75, 3.05) is 32.1 Å². The number of carbonyl (C=O) groups excluding carboxylic acids is 1. The van der Waals surface area contributed by atoms with E-state index in [0.29, 0.717) is 50.1 Å². The number of carbonyl (C=O) groups is 1. The standard InChI is InChI=1S/C26H34N4O4S2/c1-5-29-23-12-11-21(36(32,33)28-13-15-34-16-14-28)17-22(23)27-25(29)35-19-24(31)30(26(2,3)4)18-20-9-7-6-8-10-20/h6-12,17H,5,13-16,18-19H2,1-4H3. The van der Waals surface area contributed by atoms with Gasteiger partial charge in [-0.25, -0.2) is 13.4 Å². The van der Waals surface area contributed by atoms with E-state index < -0.39 is 10.0 Å². The molecule has 194 valence electrons. The Balaban J connectivity index is 1.55. The van der Waals surface area contributed by atoms with Crippen LogP contribution in [0.5, 0.6) is 0 Å². The highest BCUT2D eigenvalue weighted by atomic mass is 32.2. The average Bonchev–Trinajstić information content (AvgIpc) is 3.23. The van der Waals surface area contributed by atoms with Crippen molar-refractivity contribution >= 4 is 38.7 Å². The van der Waals surface area contributed by atoms with Crippen LogP contribution >= 0.6 is 11.8 Å². The zero-order valence-corrected chi connectivity index (χ0v) is 22.9. The van der Waals surface area contributed by atoms with Crippen molar-refractivity contribution in [2.24, 2.45) is 0 Å². The number of ether oxygens (including phenoxy) is 1. The summed E-state index contributed by atoms with van der Waals surface area (Å²) in [6.07, 6.45) is 0. The molecular weight excluding hydrogens is 496 g/mol. The first kappa shape index (κ1) is 26.7. The zero-order chi connectivity index (χ0) is 25.9. The quantitative estimate of drug-likeness (QED) is 0.410. The predicted octanol–water partition coefficient (Wildman–Crippen LogP) is 4.00. The zero-order valence-electron chi connectivity index (χ0n) is 21.3. The lowest BCUT2D eigenvalue weighted by molar-refractivity contribution is -0.133. The molecule has 0 spiro atoms. The summed E-state index contributed by atoms with van der Waals surface area (Å²) in [6.45, 7) is 10.8. The Morgan fingerprint density at radius 2 is 1.81 bits per heavy atom. The number of hydrogen-bond acceptors (Lipinski definition) is 6. The summed E-state index contributed by atoms with van der Waals surface area (Å²) < 4.78 is 35.0. The van der Waals surface area contributed by atoms with Crippen molar-refractivity contribution < 1.29 is 17.9 Å². The summed E-state index contributed by atoms with van der Waals surface area (Å²) >= 11 is 1.39. The van der Waals surface area contributed by atoms with Crippen LogP contribution in [0.3, 0.4) is 0 Å². The molecule has 0 aliphatic carbocycles. The Morgan fingerprint density at radius 3 is 2.44 bits per heavy atom. The number of hydrogen-bond donors (Lipinski definition) is 0. The highest BCUT2D eigenvalue weighted by Gasteiger charge is 2.29. The number of morpholine rings is 1. The molecule has 1 amide bonds. The SMILES string of the molecule is CCn1c(SCC(=O)N(Cc2ccccc2)C(C)(C)C)nc2cc(S(=O)(=O)N3CCOCC3)ccc21. The number of amides is 1. The van der Waals surface area contributed by atoms with Gasteiger partial charge in [-0.1, -0.05) is 42.1 Å². The number of rotatable bonds is 8. The van der Waals surface area contributed by atoms with E-state index in [0.717, 1.165) is 11.1 Å². The molecule has 0 atom stereocenters. The van der Waals surface area contributed by atoms with Gasteiger partial charge in [-0.3, -0.25) is 4.79 Å². The minimum Gasteiger partial charge on any atom is -0.379 e. The van der Waals surface area contributed by atoms with Crippen LogP contribution in [0.1, 0.15) is 33.3 Å². The molecule has 0 radical (unpaired) electrons. The molecule has 2 aromatic carbocycles. The minimum absolute atomic E-state index is 0.0293. The fraction of sp³-hybridized carbons (Fsp3) is 0.462. The fourth-order valence-corrected chi connectivity index (χ4v) is 6.65. The van der Waals surface area contributed by atoms with E-state index in [1.807, 2.05) is 73.6 Å². The molecular formula is C26H34N4O4S2. The summed E-state index contributed by atoms with van der Waals surface area (Å²) in [5.74, 6) is 0.272. The second-order valence-electron chi connectivity index (χ2n) is 9.73. The molecule has 0 unspecified atom stereocenters. The fourth-order valence-electron chi connectivity index (χ4n) is 4.27. The molecule has 3 aromatic rings. The first-order valence-corrected chi connectivity index (χ1v) is 14.6. The van der Waals surface area contributed by atoms with Gasteiger partial charge in [0.25, 0.3) is 0 Å². The van der Waals surface area contributed by atoms with E-state index in [2.05, 4.69) is 0 Å². The molecule has 1 aromatic heterocycles. The van der Waals surface area contributed by atoms with Crippen molar-refractivity contribution in [1.82, 2.24) is 18.8 Å². The molecule has 8 nitrogen and oxygen atoms in total. The highest BCUT2D eigenvalue weighted by Crippen LogP contribution is 2.28. The lowest BCUT2D eigenvalue weighted by Gasteiger charge is -2.36. The summed E-state index contributed by atoms with van der Waals surface area (Å²) in [6, 6.07) is 15.1. The van der Waals surface area contributed by atoms with Crippen LogP contribution in [0.25, 0.3) is 11.0 Å². The number of aryl methyl sites for hydroxylation is 1. The number of imidazole rings is 1. The van der Waals surface area contributed by atoms with Crippen LogP contribution in [0.4, 0.5) is 0 Å². The Kier molecular flexibility index (Phi) is 8.09. The van der Waals surface area contributed by atoms with Gasteiger partial charge in [0, 0.05) is 31.7 Å². The monoisotopic (exact) mass is 530 g/mol. The van der Waals surface area contributed by atoms with E-state index in [-0.39, 0.29) is 22.1 Å². The smallest absolute Gasteiger partial charge is 0.243 e. The third-order valence-electron chi connectivity index (χ3n) is 6.23. The maximum atomic E-state index is 13.3. The van der Waals surface area contributed by atoms with E-state index in [9.17, 15) is 13.2 Å². The topological polar surface area (TPSA) is 84.7 Å². The first-order chi connectivity index (χ1) is 17.1. The summed E-state index contributed by atoms with van der Waals surface area (Å²) in [7, 11) is -3.61. The molecule has 0 saturated carbocycles. The molecule has 1 fully saturated rings. The third-order valence-corrected chi connectivity index (χ3v) is 9.08. The van der Waals surface area contributed by atoms with Gasteiger partial charge in [0.15, 0.2) is 5.16 Å². The molecule has 36 heavy (non-hydrogen) atoms. The highest BCUT2D eigenvalue weighted by molar-refractivity contribution is 7.99. The Hall–Kier alpha value is -2.40. The molecule has 0 bridgehead atoms. The first-order valence-electron chi connectivity index (χ1n) is 12.2. The largest absolute Gasteiger partial charge is 0.379 e. The predicted molar refractivity (Wildman–Crippen MR) is 142 cm³/mol. The molecule has 1 aliphatic rings. The molecule has 2 heterocycles. The molecule has 4 rings (SSSR count). The normalized spacial score (nSPS) is 15.3. The minimum atomic E-state index is -3.61. The maximum absolute atomic E-state index is 13.3. The third kappa shape index (κ3) is 5.77. The Bertz CT molecular complexity index is 1310. The van der Waals surface area contributed by atoms with Crippen molar-refractivity contribution in [3.05, 3.63) is 54.1 Å². The summed E-state index contributed by atoms with van der Waals surface area (Å²) in [5.41, 5.74) is 2.21. The second-order valence-corrected chi connectivity index (χ2v) is 12.6. The molecule has 1 aliphatic heterocycles. The lowest BCUT2D eigenvalue weighted by atomic mass is 10.0. The van der Waals surface area contributed by atoms with Gasteiger partial charge in [0.2, 0.25) is 15.9 Å². The van der Waals surface area contributed by atoms with Crippen molar-refractivity contribution in [2.45, 2.75) is 56.4 Å². The number of aromatic nitrogens is 2. The van der Waals surface area contributed by atoms with Crippen LogP contribution < -0.4 is 0 Å². The van der Waals surface area contributed by atoms with E-state index in [1.165, 1.54) is 16.1 Å². The number of thioether (sulfide) groups is 1. The number of sulfonamides is 1. The summed E-state index contributed by atoms with van der Waals surface area (Å²) in [4.78, 5) is 20.2. The van der Waals surface area contributed by atoms with Gasteiger partial charge >= 0.3 is 0 Å². The van der Waals surface area contributed by atoms with Gasteiger partial charge in [0.1, 0.15) is 0 Å². The van der Waals surface area contributed by atoms with Gasteiger partial charge in [-0.15, -0.1) is 0 Å². The number of nitrogens with zero attached hydrogens (tertiary/aromatic N) is 4. The number of benzene rings is 2. The molecule has 10 heteroatoms. The van der Waals surface area contributed by atoms with Crippen molar-refractivity contribution in [1.29, 1.82) is 0 Å². The lowest BCUT2D eigenvalue weighted by Crippen LogP contribution is -2.45. The van der Waals surface area contributed by atoms with E-state index >= 15 is 0 Å². The maximum Gasteiger partial charge on any atom is 0.243 e. The van der Waals surface area contributed by atoms with Crippen LogP contribution in [0, 0.1) is 0 Å². The Morgan fingerprint density at radius 1 is 1.11 bits per heavy atom.